The Balaban J connectivity index is 1.73. The van der Waals surface area contributed by atoms with Crippen molar-refractivity contribution in [3.05, 3.63) is 47.9 Å². The molecular weight excluding hydrogens is 294 g/mol. The number of pyridine rings is 1. The first-order valence-corrected chi connectivity index (χ1v) is 8.41. The van der Waals surface area contributed by atoms with Crippen LogP contribution in [-0.2, 0) is 5.75 Å². The van der Waals surface area contributed by atoms with Crippen LogP contribution in [0, 0.1) is 6.92 Å². The minimum Gasteiger partial charge on any atom is -0.493 e. The number of benzene rings is 1. The number of para-hydroxylation sites is 2. The number of thioether (sulfide) groups is 1. The van der Waals surface area contributed by atoms with Gasteiger partial charge in [-0.15, -0.1) is 0 Å². The molecule has 2 heterocycles. The summed E-state index contributed by atoms with van der Waals surface area (Å²) in [6, 6.07) is 10.00. The Hall–Kier alpha value is -2.01. The molecule has 0 aliphatic heterocycles. The Kier molecular flexibility index (Phi) is 4.63. The quantitative estimate of drug-likeness (QED) is 0.687. The molecule has 2 aromatic heterocycles. The summed E-state index contributed by atoms with van der Waals surface area (Å²) in [5, 5.41) is 0.994. The van der Waals surface area contributed by atoms with E-state index in [9.17, 15) is 0 Å². The van der Waals surface area contributed by atoms with Crippen LogP contribution in [-0.4, -0.2) is 21.6 Å². The van der Waals surface area contributed by atoms with Gasteiger partial charge in [-0.1, -0.05) is 30.8 Å². The van der Waals surface area contributed by atoms with Gasteiger partial charge in [0.25, 0.3) is 0 Å². The lowest BCUT2D eigenvalue weighted by Gasteiger charge is -2.10. The van der Waals surface area contributed by atoms with Gasteiger partial charge in [0.2, 0.25) is 0 Å². The van der Waals surface area contributed by atoms with Crippen LogP contribution in [0.2, 0.25) is 0 Å². The topological polar surface area (TPSA) is 50.8 Å². The standard InChI is InChI=1S/C17H19N3OS/c1-3-10-21-15-8-9-18-17(12(15)2)22-11-16-19-13-6-4-5-7-14(13)20-16/h4-9H,3,10-11H2,1-2H3,(H,19,20). The van der Waals surface area contributed by atoms with Crippen molar-refractivity contribution in [2.75, 3.05) is 6.61 Å². The van der Waals surface area contributed by atoms with Gasteiger partial charge in [-0.05, 0) is 31.5 Å². The van der Waals surface area contributed by atoms with Gasteiger partial charge in [0, 0.05) is 11.8 Å². The molecule has 3 aromatic rings. The van der Waals surface area contributed by atoms with E-state index in [1.54, 1.807) is 18.0 Å². The third-order valence-electron chi connectivity index (χ3n) is 3.35. The summed E-state index contributed by atoms with van der Waals surface area (Å²) in [5.41, 5.74) is 3.17. The SMILES string of the molecule is CCCOc1ccnc(SCc2nc3ccccc3[nH]2)c1C. The van der Waals surface area contributed by atoms with Crippen molar-refractivity contribution < 1.29 is 4.74 Å². The molecular formula is C17H19N3OS. The second-order valence-corrected chi connectivity index (χ2v) is 6.04. The van der Waals surface area contributed by atoms with Crippen molar-refractivity contribution in [2.24, 2.45) is 0 Å². The van der Waals surface area contributed by atoms with E-state index in [1.165, 1.54) is 0 Å². The van der Waals surface area contributed by atoms with Crippen molar-refractivity contribution in [3.8, 4) is 5.75 Å². The predicted molar refractivity (Wildman–Crippen MR) is 90.4 cm³/mol. The number of H-pyrrole nitrogens is 1. The molecule has 0 unspecified atom stereocenters. The molecule has 22 heavy (non-hydrogen) atoms. The van der Waals surface area contributed by atoms with E-state index in [4.69, 9.17) is 4.74 Å². The Morgan fingerprint density at radius 3 is 2.91 bits per heavy atom. The maximum Gasteiger partial charge on any atom is 0.126 e. The Morgan fingerprint density at radius 1 is 1.23 bits per heavy atom. The van der Waals surface area contributed by atoms with Crippen LogP contribution in [0.3, 0.4) is 0 Å². The zero-order chi connectivity index (χ0) is 15.4. The molecule has 0 saturated carbocycles. The molecule has 0 atom stereocenters. The van der Waals surface area contributed by atoms with E-state index < -0.39 is 0 Å². The third kappa shape index (κ3) is 3.25. The molecule has 0 spiro atoms. The third-order valence-corrected chi connectivity index (χ3v) is 4.46. The van der Waals surface area contributed by atoms with E-state index in [1.807, 2.05) is 30.3 Å². The fraction of sp³-hybridized carbons (Fsp3) is 0.294. The van der Waals surface area contributed by atoms with Crippen molar-refractivity contribution >= 4 is 22.8 Å². The first kappa shape index (κ1) is 14.9. The highest BCUT2D eigenvalue weighted by Crippen LogP contribution is 2.29. The molecule has 0 radical (unpaired) electrons. The molecule has 1 aromatic carbocycles. The van der Waals surface area contributed by atoms with Crippen molar-refractivity contribution in [1.29, 1.82) is 0 Å². The highest BCUT2D eigenvalue weighted by Gasteiger charge is 2.09. The van der Waals surface area contributed by atoms with Gasteiger partial charge in [0.1, 0.15) is 16.6 Å². The second kappa shape index (κ2) is 6.83. The lowest BCUT2D eigenvalue weighted by atomic mass is 10.3. The number of aromatic nitrogens is 3. The molecule has 114 valence electrons. The van der Waals surface area contributed by atoms with E-state index in [-0.39, 0.29) is 0 Å². The second-order valence-electron chi connectivity index (χ2n) is 5.08. The van der Waals surface area contributed by atoms with Crippen molar-refractivity contribution in [3.63, 3.8) is 0 Å². The smallest absolute Gasteiger partial charge is 0.126 e. The monoisotopic (exact) mass is 313 g/mol. The minimum atomic E-state index is 0.735. The Bertz CT molecular complexity index is 736. The summed E-state index contributed by atoms with van der Waals surface area (Å²) in [6.07, 6.45) is 2.81. The fourth-order valence-electron chi connectivity index (χ4n) is 2.22. The maximum absolute atomic E-state index is 5.75. The summed E-state index contributed by atoms with van der Waals surface area (Å²) in [5.74, 6) is 2.65. The molecule has 0 bridgehead atoms. The summed E-state index contributed by atoms with van der Waals surface area (Å²) < 4.78 is 5.75. The van der Waals surface area contributed by atoms with Crippen LogP contribution in [0.4, 0.5) is 0 Å². The van der Waals surface area contributed by atoms with Gasteiger partial charge in [-0.2, -0.15) is 0 Å². The zero-order valence-corrected chi connectivity index (χ0v) is 13.6. The largest absolute Gasteiger partial charge is 0.493 e. The summed E-state index contributed by atoms with van der Waals surface area (Å²) >= 11 is 1.68. The predicted octanol–water partition coefficient (Wildman–Crippen LogP) is 4.35. The number of ether oxygens (including phenoxy) is 1. The van der Waals surface area contributed by atoms with E-state index >= 15 is 0 Å². The first-order valence-electron chi connectivity index (χ1n) is 7.42. The van der Waals surface area contributed by atoms with Gasteiger partial charge in [-0.3, -0.25) is 0 Å². The summed E-state index contributed by atoms with van der Waals surface area (Å²) in [7, 11) is 0. The van der Waals surface area contributed by atoms with Crippen LogP contribution in [0.5, 0.6) is 5.75 Å². The summed E-state index contributed by atoms with van der Waals surface area (Å²) in [4.78, 5) is 12.4. The molecule has 0 fully saturated rings. The highest BCUT2D eigenvalue weighted by molar-refractivity contribution is 7.98. The average molecular weight is 313 g/mol. The highest BCUT2D eigenvalue weighted by atomic mass is 32.2. The maximum atomic E-state index is 5.75. The van der Waals surface area contributed by atoms with Crippen LogP contribution in [0.1, 0.15) is 24.7 Å². The minimum absolute atomic E-state index is 0.735. The molecule has 0 amide bonds. The number of aromatic amines is 1. The number of hydrogen-bond donors (Lipinski definition) is 1. The first-order chi connectivity index (χ1) is 10.8. The number of fused-ring (bicyclic) bond motifs is 1. The molecule has 0 aliphatic rings. The van der Waals surface area contributed by atoms with Gasteiger partial charge in [-0.25, -0.2) is 9.97 Å². The van der Waals surface area contributed by atoms with Crippen LogP contribution < -0.4 is 4.74 Å². The van der Waals surface area contributed by atoms with Gasteiger partial charge in [0.05, 0.1) is 23.4 Å². The molecule has 5 heteroatoms. The molecule has 3 rings (SSSR count). The fourth-order valence-corrected chi connectivity index (χ4v) is 3.09. The summed E-state index contributed by atoms with van der Waals surface area (Å²) in [6.45, 7) is 4.89. The molecule has 0 saturated heterocycles. The van der Waals surface area contributed by atoms with Crippen LogP contribution >= 0.6 is 11.8 Å². The lowest BCUT2D eigenvalue weighted by molar-refractivity contribution is 0.314. The van der Waals surface area contributed by atoms with E-state index in [0.717, 1.165) is 52.0 Å². The number of rotatable bonds is 6. The van der Waals surface area contributed by atoms with Gasteiger partial charge < -0.3 is 9.72 Å². The molecule has 4 nitrogen and oxygen atoms in total. The van der Waals surface area contributed by atoms with E-state index in [0.29, 0.717) is 0 Å². The van der Waals surface area contributed by atoms with Gasteiger partial charge in [0.15, 0.2) is 0 Å². The lowest BCUT2D eigenvalue weighted by Crippen LogP contribution is -1.99. The van der Waals surface area contributed by atoms with Crippen LogP contribution in [0.15, 0.2) is 41.6 Å². The zero-order valence-electron chi connectivity index (χ0n) is 12.8. The van der Waals surface area contributed by atoms with E-state index in [2.05, 4.69) is 28.8 Å². The Morgan fingerprint density at radius 2 is 2.09 bits per heavy atom. The number of nitrogens with one attached hydrogen (secondary N) is 1. The van der Waals surface area contributed by atoms with Crippen LogP contribution in [0.25, 0.3) is 11.0 Å². The average Bonchev–Trinajstić information content (AvgIpc) is 2.95. The number of hydrogen-bond acceptors (Lipinski definition) is 4. The molecule has 1 N–H and O–H groups in total. The van der Waals surface area contributed by atoms with Gasteiger partial charge >= 0.3 is 0 Å². The number of imidazole rings is 1. The molecule has 0 aliphatic carbocycles. The normalized spacial score (nSPS) is 11.0. The number of nitrogens with zero attached hydrogens (tertiary/aromatic N) is 2. The van der Waals surface area contributed by atoms with Crippen molar-refractivity contribution in [1.82, 2.24) is 15.0 Å². The Labute approximate surface area is 134 Å². The van der Waals surface area contributed by atoms with Crippen molar-refractivity contribution in [2.45, 2.75) is 31.0 Å².